The molecule has 0 aromatic heterocycles. The van der Waals surface area contributed by atoms with Crippen LogP contribution < -0.4 is 4.74 Å². The minimum absolute atomic E-state index is 0.0396. The molecule has 1 aliphatic carbocycles. The molecular formula is C20H26N2O5. The topological polar surface area (TPSA) is 87.2 Å². The van der Waals surface area contributed by atoms with Crippen molar-refractivity contribution in [2.24, 2.45) is 5.92 Å². The van der Waals surface area contributed by atoms with E-state index in [-0.39, 0.29) is 24.9 Å². The normalized spacial score (nSPS) is 20.7. The van der Waals surface area contributed by atoms with Gasteiger partial charge in [-0.3, -0.25) is 14.4 Å². The quantitative estimate of drug-likeness (QED) is 0.816. The second-order valence-corrected chi connectivity index (χ2v) is 7.46. The molecule has 1 aromatic rings. The number of hydrogen-bond acceptors (Lipinski definition) is 4. The second-order valence-electron chi connectivity index (χ2n) is 7.46. The van der Waals surface area contributed by atoms with Gasteiger partial charge in [0.25, 0.3) is 0 Å². The van der Waals surface area contributed by atoms with Crippen molar-refractivity contribution < 1.29 is 24.2 Å². The summed E-state index contributed by atoms with van der Waals surface area (Å²) in [6.07, 6.45) is 2.72. The third-order valence-corrected chi connectivity index (χ3v) is 5.62. The summed E-state index contributed by atoms with van der Waals surface area (Å²) in [7, 11) is 3.22. The van der Waals surface area contributed by atoms with Crippen LogP contribution >= 0.6 is 0 Å². The van der Waals surface area contributed by atoms with Gasteiger partial charge in [-0.25, -0.2) is 0 Å². The van der Waals surface area contributed by atoms with Gasteiger partial charge in [0.05, 0.1) is 25.0 Å². The Morgan fingerprint density at radius 2 is 2.00 bits per heavy atom. The van der Waals surface area contributed by atoms with Gasteiger partial charge in [-0.1, -0.05) is 18.2 Å². The first-order valence-electron chi connectivity index (χ1n) is 9.28. The molecule has 2 amide bonds. The number of amides is 2. The van der Waals surface area contributed by atoms with Gasteiger partial charge in [0, 0.05) is 25.7 Å². The van der Waals surface area contributed by atoms with Crippen molar-refractivity contribution in [3.8, 4) is 5.75 Å². The van der Waals surface area contributed by atoms with Crippen LogP contribution in [-0.2, 0) is 19.8 Å². The molecule has 1 heterocycles. The number of ether oxygens (including phenoxy) is 1. The van der Waals surface area contributed by atoms with E-state index in [0.717, 1.165) is 18.4 Å². The zero-order chi connectivity index (χ0) is 19.6. The van der Waals surface area contributed by atoms with Crippen LogP contribution in [-0.4, -0.2) is 66.5 Å². The minimum Gasteiger partial charge on any atom is -0.496 e. The fraction of sp³-hybridized carbons (Fsp3) is 0.550. The number of nitrogens with zero attached hydrogens (tertiary/aromatic N) is 2. The summed E-state index contributed by atoms with van der Waals surface area (Å²) in [6.45, 7) is 0.720. The van der Waals surface area contributed by atoms with E-state index in [1.54, 1.807) is 19.1 Å². The van der Waals surface area contributed by atoms with Crippen molar-refractivity contribution in [1.82, 2.24) is 9.80 Å². The number of carbonyl (C=O) groups excluding carboxylic acids is 2. The molecule has 27 heavy (non-hydrogen) atoms. The first kappa shape index (κ1) is 19.2. The Morgan fingerprint density at radius 1 is 1.30 bits per heavy atom. The van der Waals surface area contributed by atoms with Crippen LogP contribution in [0.2, 0.25) is 0 Å². The third kappa shape index (κ3) is 3.77. The lowest BCUT2D eigenvalue weighted by Crippen LogP contribution is -2.48. The number of carboxylic acid groups (broad SMARTS) is 1. The highest BCUT2D eigenvalue weighted by Crippen LogP contribution is 2.52. The van der Waals surface area contributed by atoms with Crippen molar-refractivity contribution >= 4 is 17.8 Å². The van der Waals surface area contributed by atoms with Crippen LogP contribution in [0.3, 0.4) is 0 Å². The third-order valence-electron chi connectivity index (χ3n) is 5.62. The van der Waals surface area contributed by atoms with E-state index in [4.69, 9.17) is 4.74 Å². The molecule has 1 saturated heterocycles. The van der Waals surface area contributed by atoms with Crippen molar-refractivity contribution in [3.63, 3.8) is 0 Å². The van der Waals surface area contributed by atoms with Crippen molar-refractivity contribution in [3.05, 3.63) is 29.8 Å². The molecule has 7 nitrogen and oxygen atoms in total. The zero-order valence-corrected chi connectivity index (χ0v) is 15.8. The molecule has 0 bridgehead atoms. The average molecular weight is 374 g/mol. The van der Waals surface area contributed by atoms with E-state index in [1.165, 1.54) is 4.90 Å². The predicted molar refractivity (Wildman–Crippen MR) is 98.5 cm³/mol. The number of likely N-dealkylation sites (N-methyl/N-ethyl adjacent to an activating group) is 1. The lowest BCUT2D eigenvalue weighted by atomic mass is 9.93. The molecule has 1 N–H and O–H groups in total. The standard InChI is InChI=1S/C20H26N2O5/c1-21(13-17(23)22-11-5-6-14(12-22)18(24)25)19(26)20(9-10-20)15-7-3-4-8-16(15)27-2/h3-4,7-8,14H,5-6,9-13H2,1-2H3,(H,24,25). The molecule has 0 radical (unpaired) electrons. The Bertz CT molecular complexity index is 744. The molecule has 1 atom stereocenters. The number of aliphatic carboxylic acids is 1. The molecule has 3 rings (SSSR count). The van der Waals surface area contributed by atoms with Gasteiger partial charge in [-0.2, -0.15) is 0 Å². The highest BCUT2D eigenvalue weighted by molar-refractivity contribution is 5.94. The molecule has 1 unspecified atom stereocenters. The number of benzene rings is 1. The molecule has 1 aromatic carbocycles. The van der Waals surface area contributed by atoms with Gasteiger partial charge in [0.1, 0.15) is 5.75 Å². The molecule has 146 valence electrons. The van der Waals surface area contributed by atoms with Gasteiger partial charge >= 0.3 is 5.97 Å². The molecule has 2 fully saturated rings. The van der Waals surface area contributed by atoms with E-state index in [2.05, 4.69) is 0 Å². The fourth-order valence-electron chi connectivity index (χ4n) is 3.91. The van der Waals surface area contributed by atoms with E-state index >= 15 is 0 Å². The Labute approximate surface area is 158 Å². The Kier molecular flexibility index (Phi) is 5.39. The summed E-state index contributed by atoms with van der Waals surface area (Å²) in [5, 5.41) is 9.18. The fourth-order valence-corrected chi connectivity index (χ4v) is 3.91. The van der Waals surface area contributed by atoms with Gasteiger partial charge in [0.15, 0.2) is 0 Å². The molecule has 2 aliphatic rings. The van der Waals surface area contributed by atoms with Crippen molar-refractivity contribution in [2.45, 2.75) is 31.1 Å². The number of rotatable bonds is 6. The number of piperidine rings is 1. The van der Waals surface area contributed by atoms with E-state index < -0.39 is 17.3 Å². The molecule has 1 aliphatic heterocycles. The summed E-state index contributed by atoms with van der Waals surface area (Å²) in [6, 6.07) is 7.50. The maximum absolute atomic E-state index is 13.1. The number of likely N-dealkylation sites (tertiary alicyclic amines) is 1. The highest BCUT2D eigenvalue weighted by atomic mass is 16.5. The number of hydrogen-bond donors (Lipinski definition) is 1. The van der Waals surface area contributed by atoms with Gasteiger partial charge in [0.2, 0.25) is 11.8 Å². The Morgan fingerprint density at radius 3 is 2.63 bits per heavy atom. The summed E-state index contributed by atoms with van der Waals surface area (Å²) < 4.78 is 5.41. The van der Waals surface area contributed by atoms with Crippen LogP contribution in [0.5, 0.6) is 5.75 Å². The summed E-state index contributed by atoms with van der Waals surface area (Å²) in [5.41, 5.74) is 0.244. The molecule has 1 saturated carbocycles. The Hall–Kier alpha value is -2.57. The lowest BCUT2D eigenvalue weighted by molar-refractivity contribution is -0.147. The summed E-state index contributed by atoms with van der Waals surface area (Å²) in [4.78, 5) is 39.9. The van der Waals surface area contributed by atoms with Gasteiger partial charge in [-0.05, 0) is 31.7 Å². The van der Waals surface area contributed by atoms with Crippen LogP contribution in [0.1, 0.15) is 31.2 Å². The van der Waals surface area contributed by atoms with Gasteiger partial charge in [-0.15, -0.1) is 0 Å². The summed E-state index contributed by atoms with van der Waals surface area (Å²) >= 11 is 0. The molecule has 0 spiro atoms. The predicted octanol–water partition coefficient (Wildman–Crippen LogP) is 1.51. The summed E-state index contributed by atoms with van der Waals surface area (Å²) in [5.74, 6) is -1.000. The van der Waals surface area contributed by atoms with E-state index in [1.807, 2.05) is 24.3 Å². The SMILES string of the molecule is COc1ccccc1C1(C(=O)N(C)CC(=O)N2CCCC(C(=O)O)C2)CC1. The second kappa shape index (κ2) is 7.58. The monoisotopic (exact) mass is 374 g/mol. The maximum Gasteiger partial charge on any atom is 0.308 e. The highest BCUT2D eigenvalue weighted by Gasteiger charge is 2.54. The largest absolute Gasteiger partial charge is 0.496 e. The maximum atomic E-state index is 13.1. The number of carbonyl (C=O) groups is 3. The van der Waals surface area contributed by atoms with E-state index in [0.29, 0.717) is 25.1 Å². The molecule has 7 heteroatoms. The first-order valence-corrected chi connectivity index (χ1v) is 9.28. The number of para-hydroxylation sites is 1. The van der Waals surface area contributed by atoms with E-state index in [9.17, 15) is 19.5 Å². The smallest absolute Gasteiger partial charge is 0.308 e. The lowest BCUT2D eigenvalue weighted by Gasteiger charge is -2.32. The average Bonchev–Trinajstić information content (AvgIpc) is 3.49. The van der Waals surface area contributed by atoms with Crippen LogP contribution in [0.4, 0.5) is 0 Å². The van der Waals surface area contributed by atoms with Crippen LogP contribution in [0.25, 0.3) is 0 Å². The van der Waals surface area contributed by atoms with Crippen molar-refractivity contribution in [2.75, 3.05) is 33.8 Å². The zero-order valence-electron chi connectivity index (χ0n) is 15.8. The van der Waals surface area contributed by atoms with Crippen LogP contribution in [0.15, 0.2) is 24.3 Å². The molecular weight excluding hydrogens is 348 g/mol. The number of methoxy groups -OCH3 is 1. The Balaban J connectivity index is 1.67. The van der Waals surface area contributed by atoms with Crippen molar-refractivity contribution in [1.29, 1.82) is 0 Å². The minimum atomic E-state index is -0.870. The first-order chi connectivity index (χ1) is 12.9. The number of carboxylic acids is 1. The van der Waals surface area contributed by atoms with Gasteiger partial charge < -0.3 is 19.6 Å². The van der Waals surface area contributed by atoms with Crippen LogP contribution in [0, 0.1) is 5.92 Å².